The molecular weight excluding hydrogens is 216 g/mol. The summed E-state index contributed by atoms with van der Waals surface area (Å²) < 4.78 is 0. The van der Waals surface area contributed by atoms with Gasteiger partial charge in [-0.05, 0) is 17.0 Å². The predicted octanol–water partition coefficient (Wildman–Crippen LogP) is 1.48. The first-order valence-corrected chi connectivity index (χ1v) is 5.43. The van der Waals surface area contributed by atoms with Crippen LogP contribution in [0.1, 0.15) is 38.0 Å². The highest BCUT2D eigenvalue weighted by molar-refractivity contribution is 5.51. The van der Waals surface area contributed by atoms with Crippen molar-refractivity contribution in [2.45, 2.75) is 38.4 Å². The van der Waals surface area contributed by atoms with E-state index in [2.05, 4.69) is 0 Å². The van der Waals surface area contributed by atoms with Crippen molar-refractivity contribution in [1.82, 2.24) is 0 Å². The molecule has 0 aliphatic rings. The molecule has 2 atom stereocenters. The molecule has 1 aromatic carbocycles. The lowest BCUT2D eigenvalue weighted by Crippen LogP contribution is -2.19. The van der Waals surface area contributed by atoms with Crippen LogP contribution in [-0.2, 0) is 5.41 Å². The standard InChI is InChI=1S/C13H18N2O2/c1-13(2,3)8-4-5-10(15)9(6-8)12(17)11(16)7-14/h4-6,11-12,16-17H,15H2,1-3H3. The highest BCUT2D eigenvalue weighted by Gasteiger charge is 2.22. The SMILES string of the molecule is CC(C)(C)c1ccc(N)c(C(O)C(O)C#N)c1. The third-order valence-electron chi connectivity index (χ3n) is 2.70. The lowest BCUT2D eigenvalue weighted by molar-refractivity contribution is 0.0532. The van der Waals surface area contributed by atoms with Gasteiger partial charge in [0, 0.05) is 11.3 Å². The van der Waals surface area contributed by atoms with E-state index in [1.54, 1.807) is 18.2 Å². The van der Waals surface area contributed by atoms with E-state index in [1.165, 1.54) is 0 Å². The summed E-state index contributed by atoms with van der Waals surface area (Å²) in [5.74, 6) is 0. The van der Waals surface area contributed by atoms with Crippen LogP contribution in [0.25, 0.3) is 0 Å². The second-order valence-corrected chi connectivity index (χ2v) is 5.11. The number of benzene rings is 1. The van der Waals surface area contributed by atoms with Crippen molar-refractivity contribution in [3.8, 4) is 6.07 Å². The van der Waals surface area contributed by atoms with Crippen molar-refractivity contribution in [1.29, 1.82) is 5.26 Å². The maximum atomic E-state index is 9.81. The molecule has 17 heavy (non-hydrogen) atoms. The summed E-state index contributed by atoms with van der Waals surface area (Å²) in [4.78, 5) is 0. The second kappa shape index (κ2) is 4.74. The van der Waals surface area contributed by atoms with E-state index in [-0.39, 0.29) is 5.41 Å². The number of anilines is 1. The van der Waals surface area contributed by atoms with Crippen molar-refractivity contribution in [2.75, 3.05) is 5.73 Å². The number of nitriles is 1. The zero-order valence-electron chi connectivity index (χ0n) is 10.3. The Bertz CT molecular complexity index is 444. The van der Waals surface area contributed by atoms with Crippen molar-refractivity contribution < 1.29 is 10.2 Å². The van der Waals surface area contributed by atoms with Crippen LogP contribution in [-0.4, -0.2) is 16.3 Å². The number of nitrogen functional groups attached to an aromatic ring is 1. The van der Waals surface area contributed by atoms with Gasteiger partial charge < -0.3 is 15.9 Å². The molecule has 4 heteroatoms. The maximum Gasteiger partial charge on any atom is 0.170 e. The number of rotatable bonds is 2. The number of hydrogen-bond donors (Lipinski definition) is 3. The molecule has 4 nitrogen and oxygen atoms in total. The molecule has 0 radical (unpaired) electrons. The molecule has 0 aromatic heterocycles. The fourth-order valence-electron chi connectivity index (χ4n) is 1.54. The molecule has 0 saturated heterocycles. The third-order valence-corrected chi connectivity index (χ3v) is 2.70. The fraction of sp³-hybridized carbons (Fsp3) is 0.462. The van der Waals surface area contributed by atoms with Crippen LogP contribution in [0.4, 0.5) is 5.69 Å². The Morgan fingerprint density at radius 2 is 1.88 bits per heavy atom. The molecule has 0 heterocycles. The lowest BCUT2D eigenvalue weighted by atomic mass is 9.85. The van der Waals surface area contributed by atoms with E-state index < -0.39 is 12.2 Å². The van der Waals surface area contributed by atoms with E-state index in [0.29, 0.717) is 11.3 Å². The number of aliphatic hydroxyl groups is 2. The van der Waals surface area contributed by atoms with Crippen molar-refractivity contribution >= 4 is 5.69 Å². The van der Waals surface area contributed by atoms with Gasteiger partial charge in [-0.2, -0.15) is 5.26 Å². The molecule has 0 saturated carbocycles. The van der Waals surface area contributed by atoms with Gasteiger partial charge in [-0.15, -0.1) is 0 Å². The van der Waals surface area contributed by atoms with E-state index in [1.807, 2.05) is 26.8 Å². The van der Waals surface area contributed by atoms with Gasteiger partial charge in [0.25, 0.3) is 0 Å². The minimum Gasteiger partial charge on any atom is -0.398 e. The van der Waals surface area contributed by atoms with Gasteiger partial charge in [-0.25, -0.2) is 0 Å². The molecule has 0 amide bonds. The van der Waals surface area contributed by atoms with Crippen LogP contribution in [0.3, 0.4) is 0 Å². The van der Waals surface area contributed by atoms with Crippen molar-refractivity contribution in [3.05, 3.63) is 29.3 Å². The number of nitrogens with two attached hydrogens (primary N) is 1. The molecule has 0 aliphatic carbocycles. The van der Waals surface area contributed by atoms with Crippen LogP contribution >= 0.6 is 0 Å². The second-order valence-electron chi connectivity index (χ2n) is 5.11. The maximum absolute atomic E-state index is 9.81. The van der Waals surface area contributed by atoms with Crippen LogP contribution in [0.2, 0.25) is 0 Å². The first-order valence-electron chi connectivity index (χ1n) is 5.43. The molecule has 0 fully saturated rings. The van der Waals surface area contributed by atoms with E-state index >= 15 is 0 Å². The quantitative estimate of drug-likeness (QED) is 0.534. The minimum absolute atomic E-state index is 0.0836. The first kappa shape index (κ1) is 13.5. The molecule has 1 aromatic rings. The van der Waals surface area contributed by atoms with Gasteiger partial charge in [-0.3, -0.25) is 0 Å². The van der Waals surface area contributed by atoms with Gasteiger partial charge in [-0.1, -0.05) is 32.9 Å². The summed E-state index contributed by atoms with van der Waals surface area (Å²) in [5.41, 5.74) is 7.42. The zero-order valence-corrected chi connectivity index (χ0v) is 10.3. The summed E-state index contributed by atoms with van der Waals surface area (Å²) in [6.07, 6.45) is -2.74. The fourth-order valence-corrected chi connectivity index (χ4v) is 1.54. The molecule has 92 valence electrons. The number of hydrogen-bond acceptors (Lipinski definition) is 4. The Morgan fingerprint density at radius 3 is 2.35 bits per heavy atom. The van der Waals surface area contributed by atoms with Gasteiger partial charge in [0.15, 0.2) is 6.10 Å². The summed E-state index contributed by atoms with van der Waals surface area (Å²) >= 11 is 0. The smallest absolute Gasteiger partial charge is 0.170 e. The van der Waals surface area contributed by atoms with Gasteiger partial charge in [0.05, 0.1) is 6.07 Å². The average molecular weight is 234 g/mol. The Hall–Kier alpha value is -1.57. The molecule has 0 bridgehead atoms. The van der Waals surface area contributed by atoms with Crippen LogP contribution < -0.4 is 5.73 Å². The van der Waals surface area contributed by atoms with Crippen molar-refractivity contribution in [2.24, 2.45) is 0 Å². The molecule has 0 spiro atoms. The molecule has 1 rings (SSSR count). The van der Waals surface area contributed by atoms with Gasteiger partial charge in [0.2, 0.25) is 0 Å². The highest BCUT2D eigenvalue weighted by Crippen LogP contribution is 2.29. The normalized spacial score (nSPS) is 15.1. The summed E-state index contributed by atoms with van der Waals surface area (Å²) in [6.45, 7) is 6.11. The minimum atomic E-state index is -1.47. The highest BCUT2D eigenvalue weighted by atomic mass is 16.3. The number of nitrogens with zero attached hydrogens (tertiary/aromatic N) is 1. The van der Waals surface area contributed by atoms with Crippen molar-refractivity contribution in [3.63, 3.8) is 0 Å². The van der Waals surface area contributed by atoms with Crippen LogP contribution in [0.5, 0.6) is 0 Å². The Balaban J connectivity index is 3.21. The van der Waals surface area contributed by atoms with Gasteiger partial charge >= 0.3 is 0 Å². The molecular formula is C13H18N2O2. The van der Waals surface area contributed by atoms with Gasteiger partial charge in [0.1, 0.15) is 6.10 Å². The molecule has 0 aliphatic heterocycles. The van der Waals surface area contributed by atoms with E-state index in [9.17, 15) is 10.2 Å². The Labute approximate surface area is 101 Å². The summed E-state index contributed by atoms with van der Waals surface area (Å²) in [5, 5.41) is 27.7. The summed E-state index contributed by atoms with van der Waals surface area (Å²) in [7, 11) is 0. The first-order chi connectivity index (χ1) is 7.77. The Morgan fingerprint density at radius 1 is 1.29 bits per heavy atom. The largest absolute Gasteiger partial charge is 0.398 e. The third kappa shape index (κ3) is 2.96. The topological polar surface area (TPSA) is 90.3 Å². The lowest BCUT2D eigenvalue weighted by Gasteiger charge is -2.22. The predicted molar refractivity (Wildman–Crippen MR) is 66.1 cm³/mol. The van der Waals surface area contributed by atoms with E-state index in [0.717, 1.165) is 5.56 Å². The van der Waals surface area contributed by atoms with E-state index in [4.69, 9.17) is 11.0 Å². The monoisotopic (exact) mass is 234 g/mol. The van der Waals surface area contributed by atoms with Crippen LogP contribution in [0, 0.1) is 11.3 Å². The zero-order chi connectivity index (χ0) is 13.2. The average Bonchev–Trinajstić information content (AvgIpc) is 2.26. The van der Waals surface area contributed by atoms with Crippen LogP contribution in [0.15, 0.2) is 18.2 Å². The Kier molecular flexibility index (Phi) is 3.76. The molecule has 2 unspecified atom stereocenters. The summed E-state index contributed by atoms with van der Waals surface area (Å²) in [6, 6.07) is 6.90. The molecule has 4 N–H and O–H groups in total. The number of aliphatic hydroxyl groups excluding tert-OH is 2.